The molecule has 0 heterocycles. The molecule has 0 fully saturated rings. The van der Waals surface area contributed by atoms with Gasteiger partial charge in [0.05, 0.1) is 0 Å². The number of benzene rings is 4. The number of hydrogen-bond donors (Lipinski definition) is 0. The molecular weight excluding hydrogens is 324 g/mol. The molecule has 0 heteroatoms. The molecule has 0 unspecified atom stereocenters. The average molecular weight is 348 g/mol. The molecule has 5 rings (SSSR count). The second-order valence-electron chi connectivity index (χ2n) is 7.10. The van der Waals surface area contributed by atoms with Crippen molar-refractivity contribution in [2.24, 2.45) is 0 Å². The van der Waals surface area contributed by atoms with Crippen molar-refractivity contribution in [1.82, 2.24) is 0 Å². The van der Waals surface area contributed by atoms with Crippen LogP contribution in [0.3, 0.4) is 0 Å². The second-order valence-corrected chi connectivity index (χ2v) is 7.10. The quantitative estimate of drug-likeness (QED) is 0.300. The number of fused-ring (bicyclic) bond motifs is 3. The number of hydrogen-bond acceptors (Lipinski definition) is 0. The lowest BCUT2D eigenvalue weighted by Gasteiger charge is -2.07. The predicted octanol–water partition coefficient (Wildman–Crippen LogP) is 7.23. The van der Waals surface area contributed by atoms with Gasteiger partial charge in [-0.05, 0) is 64.8 Å². The van der Waals surface area contributed by atoms with Crippen LogP contribution in [0.2, 0.25) is 0 Å². The van der Waals surface area contributed by atoms with Crippen LogP contribution in [0.15, 0.2) is 97.1 Å². The van der Waals surface area contributed by atoms with Crippen molar-refractivity contribution in [3.8, 4) is 22.3 Å². The van der Waals surface area contributed by atoms with Gasteiger partial charge in [0.2, 0.25) is 0 Å². The van der Waals surface area contributed by atoms with Crippen molar-refractivity contribution in [1.29, 1.82) is 0 Å². The monoisotopic (exact) mass is 348 g/mol. The molecule has 0 amide bonds. The summed E-state index contributed by atoms with van der Waals surface area (Å²) >= 11 is 0. The predicted molar refractivity (Wildman–Crippen MR) is 116 cm³/mol. The van der Waals surface area contributed by atoms with E-state index in [1.807, 2.05) is 0 Å². The van der Waals surface area contributed by atoms with Gasteiger partial charge < -0.3 is 0 Å². The fourth-order valence-electron chi connectivity index (χ4n) is 3.76. The first-order chi connectivity index (χ1) is 13.2. The summed E-state index contributed by atoms with van der Waals surface area (Å²) in [6.45, 7) is 4.33. The maximum Gasteiger partial charge on any atom is -0.00135 e. The van der Waals surface area contributed by atoms with Gasteiger partial charge in [0.25, 0.3) is 0 Å². The van der Waals surface area contributed by atoms with Gasteiger partial charge in [-0.25, -0.2) is 0 Å². The van der Waals surface area contributed by atoms with Crippen LogP contribution in [0.5, 0.6) is 0 Å². The third kappa shape index (κ3) is 3.57. The Balaban J connectivity index is 0.000000134. The summed E-state index contributed by atoms with van der Waals surface area (Å²) in [6, 6.07) is 34.3. The van der Waals surface area contributed by atoms with Crippen LogP contribution in [0.1, 0.15) is 22.3 Å². The molecule has 4 aromatic rings. The third-order valence-electron chi connectivity index (χ3n) is 5.40. The van der Waals surface area contributed by atoms with E-state index in [1.165, 1.54) is 44.5 Å². The normalized spacial score (nSPS) is 11.2. The minimum atomic E-state index is 1.10. The summed E-state index contributed by atoms with van der Waals surface area (Å²) in [7, 11) is 0. The highest BCUT2D eigenvalue weighted by molar-refractivity contribution is 5.76. The molecule has 132 valence electrons. The van der Waals surface area contributed by atoms with E-state index >= 15 is 0 Å². The van der Waals surface area contributed by atoms with Crippen LogP contribution in [0, 0.1) is 13.8 Å². The fourth-order valence-corrected chi connectivity index (χ4v) is 3.76. The lowest BCUT2D eigenvalue weighted by atomic mass is 9.97. The van der Waals surface area contributed by atoms with Crippen LogP contribution in [-0.2, 0) is 6.42 Å². The van der Waals surface area contributed by atoms with Gasteiger partial charge in [0.1, 0.15) is 0 Å². The molecule has 0 radical (unpaired) electrons. The first-order valence-electron chi connectivity index (χ1n) is 9.52. The second kappa shape index (κ2) is 7.63. The highest BCUT2D eigenvalue weighted by atomic mass is 14.2. The molecule has 0 saturated heterocycles. The maximum atomic E-state index is 2.22. The van der Waals surface area contributed by atoms with Crippen LogP contribution in [-0.4, -0.2) is 0 Å². The van der Waals surface area contributed by atoms with E-state index in [2.05, 4.69) is 111 Å². The van der Waals surface area contributed by atoms with E-state index in [1.54, 1.807) is 0 Å². The van der Waals surface area contributed by atoms with Crippen molar-refractivity contribution < 1.29 is 0 Å². The average Bonchev–Trinajstić information content (AvgIpc) is 3.10. The van der Waals surface area contributed by atoms with Gasteiger partial charge in [-0.1, -0.05) is 97.1 Å². The molecule has 0 nitrogen and oxygen atoms in total. The highest BCUT2D eigenvalue weighted by Gasteiger charge is 2.15. The van der Waals surface area contributed by atoms with Gasteiger partial charge in [0, 0.05) is 0 Å². The van der Waals surface area contributed by atoms with Crippen LogP contribution < -0.4 is 0 Å². The van der Waals surface area contributed by atoms with Gasteiger partial charge in [0.15, 0.2) is 0 Å². The Kier molecular flexibility index (Phi) is 4.89. The summed E-state index contributed by atoms with van der Waals surface area (Å²) in [5.41, 5.74) is 11.1. The Morgan fingerprint density at radius 1 is 0.481 bits per heavy atom. The Hall–Kier alpha value is -3.12. The lowest BCUT2D eigenvalue weighted by molar-refractivity contribution is 1.26. The molecule has 0 N–H and O–H groups in total. The first-order valence-corrected chi connectivity index (χ1v) is 9.52. The number of rotatable bonds is 1. The summed E-state index contributed by atoms with van der Waals surface area (Å²) in [5.74, 6) is 0. The molecule has 1 aliphatic rings. The minimum Gasteiger partial charge on any atom is -0.0622 e. The van der Waals surface area contributed by atoms with E-state index in [4.69, 9.17) is 0 Å². The Morgan fingerprint density at radius 2 is 1.00 bits per heavy atom. The highest BCUT2D eigenvalue weighted by Crippen LogP contribution is 2.35. The van der Waals surface area contributed by atoms with E-state index < -0.39 is 0 Å². The van der Waals surface area contributed by atoms with E-state index in [-0.39, 0.29) is 0 Å². The molecule has 0 aromatic heterocycles. The molecule has 0 spiro atoms. The summed E-state index contributed by atoms with van der Waals surface area (Å²) in [5, 5.41) is 0. The zero-order chi connectivity index (χ0) is 18.6. The topological polar surface area (TPSA) is 0 Å². The standard InChI is InChI=1S/C14H14.C13H10/c1-11-7-6-10-14(12(11)2)13-8-4-3-5-9-13;1-3-7-12-10(5-1)9-11-6-2-4-8-13(11)12/h3-10H,1-2H3;1-8H,9H2. The molecule has 0 aliphatic heterocycles. The Morgan fingerprint density at radius 3 is 1.63 bits per heavy atom. The van der Waals surface area contributed by atoms with Crippen molar-refractivity contribution in [3.05, 3.63) is 119 Å². The smallest absolute Gasteiger partial charge is 0.00135 e. The zero-order valence-electron chi connectivity index (χ0n) is 15.9. The maximum absolute atomic E-state index is 2.22. The molecule has 4 aromatic carbocycles. The molecule has 27 heavy (non-hydrogen) atoms. The number of aryl methyl sites for hydroxylation is 1. The minimum absolute atomic E-state index is 1.10. The van der Waals surface area contributed by atoms with Gasteiger partial charge in [-0.3, -0.25) is 0 Å². The summed E-state index contributed by atoms with van der Waals surface area (Å²) in [4.78, 5) is 0. The molecular formula is C27H24. The first kappa shape index (κ1) is 17.3. The van der Waals surface area contributed by atoms with E-state index in [9.17, 15) is 0 Å². The summed E-state index contributed by atoms with van der Waals surface area (Å²) < 4.78 is 0. The van der Waals surface area contributed by atoms with Crippen molar-refractivity contribution in [2.75, 3.05) is 0 Å². The van der Waals surface area contributed by atoms with Crippen molar-refractivity contribution in [2.45, 2.75) is 20.3 Å². The fraction of sp³-hybridized carbons (Fsp3) is 0.111. The Labute approximate surface area is 162 Å². The van der Waals surface area contributed by atoms with Gasteiger partial charge in [-0.2, -0.15) is 0 Å². The SMILES string of the molecule is Cc1cccc(-c2ccccc2)c1C.c1ccc2c(c1)Cc1ccccc1-2. The van der Waals surface area contributed by atoms with Crippen molar-refractivity contribution in [3.63, 3.8) is 0 Å². The van der Waals surface area contributed by atoms with Crippen LogP contribution in [0.25, 0.3) is 22.3 Å². The molecule has 0 saturated carbocycles. The van der Waals surface area contributed by atoms with Gasteiger partial charge in [-0.15, -0.1) is 0 Å². The third-order valence-corrected chi connectivity index (χ3v) is 5.40. The zero-order valence-corrected chi connectivity index (χ0v) is 15.9. The molecule has 1 aliphatic carbocycles. The van der Waals surface area contributed by atoms with E-state index in [0.29, 0.717) is 0 Å². The summed E-state index contributed by atoms with van der Waals surface area (Å²) in [6.07, 6.45) is 1.10. The molecule has 0 atom stereocenters. The Bertz CT molecular complexity index is 1010. The lowest BCUT2D eigenvalue weighted by Crippen LogP contribution is -1.85. The van der Waals surface area contributed by atoms with Crippen LogP contribution in [0.4, 0.5) is 0 Å². The van der Waals surface area contributed by atoms with Crippen molar-refractivity contribution >= 4 is 0 Å². The van der Waals surface area contributed by atoms with Crippen LogP contribution >= 0.6 is 0 Å². The molecule has 0 bridgehead atoms. The van der Waals surface area contributed by atoms with E-state index in [0.717, 1.165) is 6.42 Å². The van der Waals surface area contributed by atoms with Gasteiger partial charge >= 0.3 is 0 Å². The largest absolute Gasteiger partial charge is 0.0622 e.